The molecule has 0 radical (unpaired) electrons. The summed E-state index contributed by atoms with van der Waals surface area (Å²) in [7, 11) is 0. The van der Waals surface area contributed by atoms with Crippen LogP contribution in [0.15, 0.2) is 77.9 Å². The third-order valence-electron chi connectivity index (χ3n) is 4.71. The van der Waals surface area contributed by atoms with E-state index in [0.717, 1.165) is 19.3 Å². The summed E-state index contributed by atoms with van der Waals surface area (Å²) in [5, 5.41) is 0. The number of benzene rings is 1. The summed E-state index contributed by atoms with van der Waals surface area (Å²) in [6, 6.07) is 10.7. The lowest BCUT2D eigenvalue weighted by atomic mass is 9.94. The molecule has 0 aliphatic carbocycles. The topological polar surface area (TPSA) is 0 Å². The second-order valence-electron chi connectivity index (χ2n) is 7.44. The van der Waals surface area contributed by atoms with Crippen LogP contribution in [0, 0.1) is 5.92 Å². The zero-order valence-corrected chi connectivity index (χ0v) is 16.9. The van der Waals surface area contributed by atoms with E-state index in [0.29, 0.717) is 11.8 Å². The zero-order valence-electron chi connectivity index (χ0n) is 16.9. The Balaban J connectivity index is 2.39. The molecule has 0 N–H and O–H groups in total. The lowest BCUT2D eigenvalue weighted by Gasteiger charge is -2.12. The summed E-state index contributed by atoms with van der Waals surface area (Å²) in [6.45, 7) is 15.4. The molecule has 2 unspecified atom stereocenters. The van der Waals surface area contributed by atoms with Crippen molar-refractivity contribution in [1.82, 2.24) is 0 Å². The molecule has 1 aromatic carbocycles. The van der Waals surface area contributed by atoms with Crippen LogP contribution < -0.4 is 0 Å². The molecular weight excluding hydrogens is 300 g/mol. The Labute approximate surface area is 156 Å². The zero-order chi connectivity index (χ0) is 18.7. The quantitative estimate of drug-likeness (QED) is 0.379. The van der Waals surface area contributed by atoms with Crippen molar-refractivity contribution in [1.29, 1.82) is 0 Å². The molecule has 2 atom stereocenters. The van der Waals surface area contributed by atoms with E-state index in [1.165, 1.54) is 28.7 Å². The van der Waals surface area contributed by atoms with E-state index in [-0.39, 0.29) is 0 Å². The van der Waals surface area contributed by atoms with Gasteiger partial charge in [0, 0.05) is 0 Å². The van der Waals surface area contributed by atoms with Crippen molar-refractivity contribution in [2.45, 2.75) is 66.2 Å². The van der Waals surface area contributed by atoms with Gasteiger partial charge >= 0.3 is 0 Å². The van der Waals surface area contributed by atoms with Crippen LogP contribution in [-0.4, -0.2) is 0 Å². The van der Waals surface area contributed by atoms with Crippen molar-refractivity contribution in [3.05, 3.63) is 83.5 Å². The first-order valence-corrected chi connectivity index (χ1v) is 9.60. The van der Waals surface area contributed by atoms with Gasteiger partial charge in [-0.3, -0.25) is 0 Å². The Kier molecular flexibility index (Phi) is 9.92. The lowest BCUT2D eigenvalue weighted by Crippen LogP contribution is -1.96. The van der Waals surface area contributed by atoms with E-state index in [1.54, 1.807) is 0 Å². The highest BCUT2D eigenvalue weighted by Crippen LogP contribution is 2.21. The largest absolute Gasteiger partial charge is 0.0993 e. The van der Waals surface area contributed by atoms with Crippen LogP contribution in [0.2, 0.25) is 0 Å². The van der Waals surface area contributed by atoms with Crippen LogP contribution in [0.3, 0.4) is 0 Å². The fourth-order valence-corrected chi connectivity index (χ4v) is 2.76. The first-order chi connectivity index (χ1) is 11.9. The highest BCUT2D eigenvalue weighted by atomic mass is 14.1. The van der Waals surface area contributed by atoms with Gasteiger partial charge in [-0.25, -0.2) is 0 Å². The van der Waals surface area contributed by atoms with Crippen LogP contribution in [0.1, 0.15) is 71.8 Å². The molecule has 0 saturated heterocycles. The van der Waals surface area contributed by atoms with E-state index < -0.39 is 0 Å². The van der Waals surface area contributed by atoms with Crippen molar-refractivity contribution in [2.24, 2.45) is 5.92 Å². The molecule has 0 aromatic heterocycles. The monoisotopic (exact) mass is 336 g/mol. The molecule has 0 fully saturated rings. The van der Waals surface area contributed by atoms with E-state index in [9.17, 15) is 0 Å². The van der Waals surface area contributed by atoms with Gasteiger partial charge in [-0.1, -0.05) is 91.8 Å². The van der Waals surface area contributed by atoms with Crippen LogP contribution >= 0.6 is 0 Å². The molecule has 0 spiro atoms. The summed E-state index contributed by atoms with van der Waals surface area (Å²) < 4.78 is 0. The van der Waals surface area contributed by atoms with Gasteiger partial charge in [-0.05, 0) is 63.9 Å². The molecular formula is C25H36. The van der Waals surface area contributed by atoms with Gasteiger partial charge in [0.15, 0.2) is 0 Å². The van der Waals surface area contributed by atoms with Gasteiger partial charge in [0.2, 0.25) is 0 Å². The van der Waals surface area contributed by atoms with Crippen LogP contribution in [0.4, 0.5) is 0 Å². The Hall–Kier alpha value is -1.82. The fraction of sp³-hybridized carbons (Fsp3) is 0.440. The van der Waals surface area contributed by atoms with Crippen LogP contribution in [0.25, 0.3) is 0 Å². The third-order valence-corrected chi connectivity index (χ3v) is 4.71. The molecule has 0 aliphatic rings. The summed E-state index contributed by atoms with van der Waals surface area (Å²) in [6.07, 6.45) is 13.8. The minimum absolute atomic E-state index is 0.436. The van der Waals surface area contributed by atoms with Crippen molar-refractivity contribution >= 4 is 0 Å². The first-order valence-electron chi connectivity index (χ1n) is 9.60. The smallest absolute Gasteiger partial charge is 0.00102 e. The Bertz CT molecular complexity index is 594. The maximum Gasteiger partial charge on any atom is -0.00102 e. The summed E-state index contributed by atoms with van der Waals surface area (Å²) in [4.78, 5) is 0. The molecule has 1 rings (SSSR count). The maximum absolute atomic E-state index is 4.30. The molecule has 136 valence electrons. The molecule has 1 aromatic rings. The number of hydrogen-bond acceptors (Lipinski definition) is 0. The maximum atomic E-state index is 4.30. The average Bonchev–Trinajstić information content (AvgIpc) is 2.59. The van der Waals surface area contributed by atoms with E-state index >= 15 is 0 Å². The Morgan fingerprint density at radius 2 is 1.56 bits per heavy atom. The summed E-state index contributed by atoms with van der Waals surface area (Å²) in [5.41, 5.74) is 5.59. The summed E-state index contributed by atoms with van der Waals surface area (Å²) in [5.74, 6) is 0.888. The van der Waals surface area contributed by atoms with Gasteiger partial charge in [0.25, 0.3) is 0 Å². The first kappa shape index (κ1) is 21.2. The van der Waals surface area contributed by atoms with E-state index in [1.807, 2.05) is 0 Å². The Morgan fingerprint density at radius 3 is 2.20 bits per heavy atom. The molecule has 0 aliphatic heterocycles. The standard InChI is InChI=1S/C25H36/c1-20(2)12-10-13-21(3)14-11-15-22(4)23(5)18-19-24(6)25-16-8-7-9-17-25/h7-9,12,14,16-19,23-24H,4,10-11,13,15H2,1-3,5-6H3. The molecule has 0 nitrogen and oxygen atoms in total. The number of allylic oxidation sites excluding steroid dienone is 7. The highest BCUT2D eigenvalue weighted by Gasteiger charge is 2.04. The van der Waals surface area contributed by atoms with Crippen molar-refractivity contribution in [3.8, 4) is 0 Å². The van der Waals surface area contributed by atoms with Crippen molar-refractivity contribution in [2.75, 3.05) is 0 Å². The molecule has 0 saturated carbocycles. The van der Waals surface area contributed by atoms with Gasteiger partial charge < -0.3 is 0 Å². The van der Waals surface area contributed by atoms with Crippen LogP contribution in [0.5, 0.6) is 0 Å². The SMILES string of the molecule is C=C(CCC=C(C)CCC=C(C)C)C(C)C=CC(C)c1ccccc1. The molecule has 0 heteroatoms. The highest BCUT2D eigenvalue weighted by molar-refractivity contribution is 5.23. The molecule has 0 amide bonds. The minimum Gasteiger partial charge on any atom is -0.0993 e. The molecule has 0 heterocycles. The lowest BCUT2D eigenvalue weighted by molar-refractivity contribution is 0.775. The minimum atomic E-state index is 0.436. The normalized spacial score (nSPS) is 14.4. The van der Waals surface area contributed by atoms with Crippen molar-refractivity contribution < 1.29 is 0 Å². The predicted octanol–water partition coefficient (Wildman–Crippen LogP) is 8.01. The third kappa shape index (κ3) is 9.29. The number of hydrogen-bond donors (Lipinski definition) is 0. The number of rotatable bonds is 10. The van der Waals surface area contributed by atoms with Gasteiger partial charge in [-0.15, -0.1) is 0 Å². The molecule has 25 heavy (non-hydrogen) atoms. The predicted molar refractivity (Wildman–Crippen MR) is 114 cm³/mol. The summed E-state index contributed by atoms with van der Waals surface area (Å²) >= 11 is 0. The fourth-order valence-electron chi connectivity index (χ4n) is 2.76. The second kappa shape index (κ2) is 11.7. The molecule has 0 bridgehead atoms. The van der Waals surface area contributed by atoms with Gasteiger partial charge in [-0.2, -0.15) is 0 Å². The van der Waals surface area contributed by atoms with Crippen LogP contribution in [-0.2, 0) is 0 Å². The van der Waals surface area contributed by atoms with E-state index in [4.69, 9.17) is 0 Å². The average molecular weight is 337 g/mol. The Morgan fingerprint density at radius 1 is 0.920 bits per heavy atom. The second-order valence-corrected chi connectivity index (χ2v) is 7.44. The van der Waals surface area contributed by atoms with Gasteiger partial charge in [0.05, 0.1) is 0 Å². The van der Waals surface area contributed by atoms with Gasteiger partial charge in [0.1, 0.15) is 0 Å². The van der Waals surface area contributed by atoms with E-state index in [2.05, 4.69) is 95.8 Å². The van der Waals surface area contributed by atoms with Crippen molar-refractivity contribution in [3.63, 3.8) is 0 Å².